The first-order valence-electron chi connectivity index (χ1n) is 10.7. The Labute approximate surface area is 191 Å². The van der Waals surface area contributed by atoms with Gasteiger partial charge in [0.15, 0.2) is 5.78 Å². The molecule has 6 nitrogen and oxygen atoms in total. The fraction of sp³-hybridized carbons (Fsp3) is 0.185. The van der Waals surface area contributed by atoms with Gasteiger partial charge >= 0.3 is 0 Å². The van der Waals surface area contributed by atoms with E-state index in [9.17, 15) is 14.4 Å². The Morgan fingerprint density at radius 1 is 0.939 bits per heavy atom. The summed E-state index contributed by atoms with van der Waals surface area (Å²) in [6.45, 7) is 7.78. The zero-order valence-electron chi connectivity index (χ0n) is 19.1. The van der Waals surface area contributed by atoms with Crippen molar-refractivity contribution in [1.29, 1.82) is 0 Å². The fourth-order valence-corrected chi connectivity index (χ4v) is 3.83. The average molecular weight is 440 g/mol. The number of hydrogen-bond acceptors (Lipinski definition) is 4. The smallest absolute Gasteiger partial charge is 0.244 e. The summed E-state index contributed by atoms with van der Waals surface area (Å²) in [5.74, 6) is -0.639. The second-order valence-electron chi connectivity index (χ2n) is 8.31. The molecule has 0 saturated carbocycles. The molecule has 33 heavy (non-hydrogen) atoms. The number of benzene rings is 2. The molecule has 0 aliphatic rings. The van der Waals surface area contributed by atoms with Crippen LogP contribution in [0.2, 0.25) is 0 Å². The molecule has 2 aromatic heterocycles. The molecule has 1 N–H and O–H groups in total. The topological polar surface area (TPSA) is 81.1 Å². The summed E-state index contributed by atoms with van der Waals surface area (Å²) in [4.78, 5) is 43.3. The molecule has 0 radical (unpaired) electrons. The molecule has 0 aliphatic heterocycles. The highest BCUT2D eigenvalue weighted by Gasteiger charge is 2.19. The van der Waals surface area contributed by atoms with Gasteiger partial charge in [0.1, 0.15) is 6.54 Å². The van der Waals surface area contributed by atoms with Gasteiger partial charge in [-0.3, -0.25) is 19.4 Å². The Kier molecular flexibility index (Phi) is 5.92. The Morgan fingerprint density at radius 3 is 2.36 bits per heavy atom. The normalized spacial score (nSPS) is 10.9. The summed E-state index contributed by atoms with van der Waals surface area (Å²) in [7, 11) is 0. The van der Waals surface area contributed by atoms with Gasteiger partial charge in [-0.05, 0) is 80.3 Å². The number of ketones is 1. The lowest BCUT2D eigenvalue weighted by Crippen LogP contribution is -2.24. The molecule has 4 rings (SSSR count). The van der Waals surface area contributed by atoms with Gasteiger partial charge in [-0.1, -0.05) is 12.1 Å². The first kappa shape index (κ1) is 22.1. The van der Waals surface area contributed by atoms with Crippen molar-refractivity contribution < 1.29 is 9.59 Å². The monoisotopic (exact) mass is 439 g/mol. The highest BCUT2D eigenvalue weighted by molar-refractivity contribution is 6.10. The second kappa shape index (κ2) is 8.82. The number of nitrogens with one attached hydrogen (secondary N) is 1. The minimum absolute atomic E-state index is 0.0245. The van der Waals surface area contributed by atoms with Crippen molar-refractivity contribution in [3.63, 3.8) is 0 Å². The number of hydrogen-bond donors (Lipinski definition) is 1. The minimum Gasteiger partial charge on any atom is -0.337 e. The maximum absolute atomic E-state index is 13.3. The van der Waals surface area contributed by atoms with E-state index in [1.165, 1.54) is 18.6 Å². The first-order chi connectivity index (χ1) is 15.8. The number of rotatable bonds is 5. The van der Waals surface area contributed by atoms with Crippen molar-refractivity contribution in [2.75, 3.05) is 5.32 Å². The van der Waals surface area contributed by atoms with E-state index in [2.05, 4.69) is 10.3 Å². The fourth-order valence-electron chi connectivity index (χ4n) is 3.83. The van der Waals surface area contributed by atoms with Crippen molar-refractivity contribution in [3.8, 4) is 0 Å². The van der Waals surface area contributed by atoms with Crippen molar-refractivity contribution in [2.45, 2.75) is 34.2 Å². The summed E-state index contributed by atoms with van der Waals surface area (Å²) >= 11 is 0. The molecule has 2 heterocycles. The number of anilines is 1. The van der Waals surface area contributed by atoms with Gasteiger partial charge in [0.25, 0.3) is 0 Å². The van der Waals surface area contributed by atoms with Crippen LogP contribution in [-0.2, 0) is 11.3 Å². The van der Waals surface area contributed by atoms with E-state index in [1.807, 2.05) is 52.0 Å². The Morgan fingerprint density at radius 2 is 1.64 bits per heavy atom. The number of pyridine rings is 2. The molecule has 0 unspecified atom stereocenters. The highest BCUT2D eigenvalue weighted by Crippen LogP contribution is 2.21. The number of aromatic nitrogens is 2. The van der Waals surface area contributed by atoms with Crippen LogP contribution in [0.3, 0.4) is 0 Å². The van der Waals surface area contributed by atoms with Gasteiger partial charge in [0.05, 0.1) is 11.1 Å². The third-order valence-electron chi connectivity index (χ3n) is 6.08. The highest BCUT2D eigenvalue weighted by atomic mass is 16.2. The Hall–Kier alpha value is -4.06. The van der Waals surface area contributed by atoms with Crippen molar-refractivity contribution >= 4 is 28.3 Å². The summed E-state index contributed by atoms with van der Waals surface area (Å²) in [6.07, 6.45) is 4.51. The van der Waals surface area contributed by atoms with Crippen LogP contribution in [0.5, 0.6) is 0 Å². The molecular weight excluding hydrogens is 414 g/mol. The summed E-state index contributed by atoms with van der Waals surface area (Å²) in [5.41, 5.74) is 5.43. The number of nitrogens with zero attached hydrogens (tertiary/aromatic N) is 2. The van der Waals surface area contributed by atoms with Gasteiger partial charge in [0, 0.05) is 35.2 Å². The van der Waals surface area contributed by atoms with E-state index >= 15 is 0 Å². The van der Waals surface area contributed by atoms with Gasteiger partial charge < -0.3 is 9.88 Å². The zero-order chi connectivity index (χ0) is 23.7. The molecule has 2 aromatic carbocycles. The van der Waals surface area contributed by atoms with E-state index in [0.717, 1.165) is 27.9 Å². The minimum atomic E-state index is -0.397. The Bertz CT molecular complexity index is 1450. The lowest BCUT2D eigenvalue weighted by Gasteiger charge is -2.16. The molecule has 0 aliphatic carbocycles. The van der Waals surface area contributed by atoms with Crippen molar-refractivity contribution in [2.24, 2.45) is 0 Å². The predicted molar refractivity (Wildman–Crippen MR) is 130 cm³/mol. The molecule has 6 heteroatoms. The van der Waals surface area contributed by atoms with Gasteiger partial charge in [-0.25, -0.2) is 0 Å². The molecule has 0 bridgehead atoms. The van der Waals surface area contributed by atoms with Gasteiger partial charge in [-0.15, -0.1) is 0 Å². The van der Waals surface area contributed by atoms with E-state index in [-0.39, 0.29) is 23.4 Å². The number of carbonyl (C=O) groups excluding carboxylic acids is 2. The van der Waals surface area contributed by atoms with E-state index in [1.54, 1.807) is 22.8 Å². The molecule has 1 amide bonds. The maximum Gasteiger partial charge on any atom is 0.244 e. The average Bonchev–Trinajstić information content (AvgIpc) is 2.80. The van der Waals surface area contributed by atoms with Crippen molar-refractivity contribution in [3.05, 3.63) is 105 Å². The summed E-state index contributed by atoms with van der Waals surface area (Å²) in [6, 6.07) is 12.6. The number of amides is 1. The predicted octanol–water partition coefficient (Wildman–Crippen LogP) is 4.50. The molecule has 0 atom stereocenters. The van der Waals surface area contributed by atoms with Crippen LogP contribution in [0.25, 0.3) is 10.9 Å². The molecule has 0 fully saturated rings. The standard InChI is InChI=1S/C27H25N3O3/c1-16-6-5-7-23(19(16)4)29-25(31)15-30-14-22(26(32)20-8-10-28-11-9-20)27(33)21-12-17(2)18(3)13-24(21)30/h5-14H,15H2,1-4H3,(H,29,31). The van der Waals surface area contributed by atoms with Crippen LogP contribution in [0.15, 0.2) is 65.8 Å². The van der Waals surface area contributed by atoms with Crippen LogP contribution in [-0.4, -0.2) is 21.2 Å². The van der Waals surface area contributed by atoms with Crippen LogP contribution < -0.4 is 10.7 Å². The molecule has 0 saturated heterocycles. The number of fused-ring (bicyclic) bond motifs is 1. The number of aryl methyl sites for hydroxylation is 3. The van der Waals surface area contributed by atoms with Crippen LogP contribution in [0.1, 0.15) is 38.2 Å². The quantitative estimate of drug-likeness (QED) is 0.464. The molecule has 0 spiro atoms. The van der Waals surface area contributed by atoms with Crippen LogP contribution in [0, 0.1) is 27.7 Å². The molecule has 166 valence electrons. The van der Waals surface area contributed by atoms with E-state index in [4.69, 9.17) is 0 Å². The first-order valence-corrected chi connectivity index (χ1v) is 10.7. The van der Waals surface area contributed by atoms with Crippen LogP contribution >= 0.6 is 0 Å². The maximum atomic E-state index is 13.3. The third kappa shape index (κ3) is 4.32. The van der Waals surface area contributed by atoms with Crippen LogP contribution in [0.4, 0.5) is 5.69 Å². The third-order valence-corrected chi connectivity index (χ3v) is 6.08. The van der Waals surface area contributed by atoms with Gasteiger partial charge in [0.2, 0.25) is 11.3 Å². The lowest BCUT2D eigenvalue weighted by molar-refractivity contribution is -0.116. The summed E-state index contributed by atoms with van der Waals surface area (Å²) < 4.78 is 1.68. The number of carbonyl (C=O) groups is 2. The van der Waals surface area contributed by atoms with Crippen molar-refractivity contribution in [1.82, 2.24) is 9.55 Å². The second-order valence-corrected chi connectivity index (χ2v) is 8.31. The van der Waals surface area contributed by atoms with Gasteiger partial charge in [-0.2, -0.15) is 0 Å². The molecule has 4 aromatic rings. The molecular formula is C27H25N3O3. The largest absolute Gasteiger partial charge is 0.337 e. The SMILES string of the molecule is Cc1cc2c(=O)c(C(=O)c3ccncc3)cn(CC(=O)Nc3cccc(C)c3C)c2cc1C. The zero-order valence-corrected chi connectivity index (χ0v) is 19.1. The van der Waals surface area contributed by atoms with E-state index < -0.39 is 5.78 Å². The summed E-state index contributed by atoms with van der Waals surface area (Å²) in [5, 5.41) is 3.37. The van der Waals surface area contributed by atoms with E-state index in [0.29, 0.717) is 16.5 Å². The lowest BCUT2D eigenvalue weighted by atomic mass is 10.0. The Balaban J connectivity index is 1.81.